The van der Waals surface area contributed by atoms with Crippen LogP contribution in [0, 0.1) is 6.92 Å². The lowest BCUT2D eigenvalue weighted by Gasteiger charge is -2.11. The van der Waals surface area contributed by atoms with Gasteiger partial charge in [0.2, 0.25) is 0 Å². The van der Waals surface area contributed by atoms with Crippen LogP contribution in [-0.4, -0.2) is 22.6 Å². The summed E-state index contributed by atoms with van der Waals surface area (Å²) in [7, 11) is 0. The molecular formula is C22H18N2O4. The number of nitrogens with one attached hydrogen (secondary N) is 1. The Kier molecular flexibility index (Phi) is 4.53. The second-order valence-corrected chi connectivity index (χ2v) is 6.70. The first kappa shape index (κ1) is 17.7. The second-order valence-electron chi connectivity index (χ2n) is 6.70. The highest BCUT2D eigenvalue weighted by atomic mass is 16.3. The van der Waals surface area contributed by atoms with E-state index in [0.717, 1.165) is 16.0 Å². The zero-order valence-electron chi connectivity index (χ0n) is 15.3. The van der Waals surface area contributed by atoms with Gasteiger partial charge in [-0.2, -0.15) is 0 Å². The van der Waals surface area contributed by atoms with E-state index in [9.17, 15) is 14.4 Å². The number of carbonyl (C=O) groups excluding carboxylic acids is 3. The lowest BCUT2D eigenvalue weighted by atomic mass is 10.1. The maximum Gasteiger partial charge on any atom is 0.261 e. The minimum atomic E-state index is -0.426. The van der Waals surface area contributed by atoms with Crippen molar-refractivity contribution in [3.05, 3.63) is 94.4 Å². The number of aryl methyl sites for hydroxylation is 1. The minimum Gasteiger partial charge on any atom is -0.467 e. The van der Waals surface area contributed by atoms with Crippen molar-refractivity contribution in [2.75, 3.05) is 0 Å². The highest BCUT2D eigenvalue weighted by Crippen LogP contribution is 2.25. The first-order valence-electron chi connectivity index (χ1n) is 8.89. The van der Waals surface area contributed by atoms with Crippen LogP contribution in [0.1, 0.15) is 48.0 Å². The fourth-order valence-corrected chi connectivity index (χ4v) is 3.12. The fraction of sp³-hybridized carbons (Fsp3) is 0.136. The van der Waals surface area contributed by atoms with Crippen LogP contribution < -0.4 is 5.32 Å². The summed E-state index contributed by atoms with van der Waals surface area (Å²) < 4.78 is 5.22. The van der Waals surface area contributed by atoms with Gasteiger partial charge in [-0.25, -0.2) is 0 Å². The Morgan fingerprint density at radius 2 is 1.75 bits per heavy atom. The molecule has 1 aliphatic rings. The smallest absolute Gasteiger partial charge is 0.261 e. The summed E-state index contributed by atoms with van der Waals surface area (Å²) in [4.78, 5) is 38.8. The molecule has 6 nitrogen and oxygen atoms in total. The van der Waals surface area contributed by atoms with Crippen LogP contribution in [0.5, 0.6) is 0 Å². The number of amides is 3. The molecule has 0 fully saturated rings. The van der Waals surface area contributed by atoms with Crippen molar-refractivity contribution in [1.82, 2.24) is 10.2 Å². The molecule has 1 aliphatic heterocycles. The van der Waals surface area contributed by atoms with Gasteiger partial charge < -0.3 is 9.73 Å². The molecule has 0 saturated heterocycles. The Morgan fingerprint density at radius 3 is 2.46 bits per heavy atom. The van der Waals surface area contributed by atoms with Gasteiger partial charge >= 0.3 is 0 Å². The number of hydrogen-bond acceptors (Lipinski definition) is 4. The first-order valence-corrected chi connectivity index (χ1v) is 8.89. The molecule has 1 N–H and O–H groups in total. The summed E-state index contributed by atoms with van der Waals surface area (Å²) in [5, 5.41) is 2.84. The van der Waals surface area contributed by atoms with Gasteiger partial charge in [0.05, 0.1) is 23.9 Å². The van der Waals surface area contributed by atoms with Crippen LogP contribution in [-0.2, 0) is 13.1 Å². The normalized spacial score (nSPS) is 13.0. The third-order valence-electron chi connectivity index (χ3n) is 4.70. The minimum absolute atomic E-state index is 0.0638. The average molecular weight is 374 g/mol. The Balaban J connectivity index is 1.49. The number of rotatable bonds is 5. The molecule has 0 aliphatic carbocycles. The Bertz CT molecular complexity index is 1050. The molecule has 2 aromatic carbocycles. The lowest BCUT2D eigenvalue weighted by molar-refractivity contribution is 0.0631. The van der Waals surface area contributed by atoms with Crippen molar-refractivity contribution >= 4 is 17.7 Å². The second kappa shape index (κ2) is 7.15. The van der Waals surface area contributed by atoms with E-state index in [2.05, 4.69) is 5.32 Å². The van der Waals surface area contributed by atoms with Crippen molar-refractivity contribution in [3.8, 4) is 0 Å². The molecule has 6 heteroatoms. The van der Waals surface area contributed by atoms with Crippen molar-refractivity contribution < 1.29 is 18.8 Å². The standard InChI is InChI=1S/C22H18N2O4/c1-14-4-6-15(7-5-14)12-23-20(25)16-8-9-18-19(11-16)22(27)24(21(18)26)13-17-3-2-10-28-17/h2-11H,12-13H2,1H3,(H,23,25). The van der Waals surface area contributed by atoms with Gasteiger partial charge in [-0.1, -0.05) is 29.8 Å². The molecular weight excluding hydrogens is 356 g/mol. The molecule has 28 heavy (non-hydrogen) atoms. The summed E-state index contributed by atoms with van der Waals surface area (Å²) >= 11 is 0. The largest absolute Gasteiger partial charge is 0.467 e. The predicted octanol–water partition coefficient (Wildman–Crippen LogP) is 3.31. The van der Waals surface area contributed by atoms with Crippen molar-refractivity contribution in [2.45, 2.75) is 20.0 Å². The van der Waals surface area contributed by atoms with Gasteiger partial charge in [0.15, 0.2) is 0 Å². The average Bonchev–Trinajstić information content (AvgIpc) is 3.30. The summed E-state index contributed by atoms with van der Waals surface area (Å²) in [5.74, 6) is -0.591. The highest BCUT2D eigenvalue weighted by Gasteiger charge is 2.36. The van der Waals surface area contributed by atoms with Gasteiger partial charge in [-0.15, -0.1) is 0 Å². The van der Waals surface area contributed by atoms with E-state index in [-0.39, 0.29) is 23.9 Å². The van der Waals surface area contributed by atoms with Crippen LogP contribution in [0.15, 0.2) is 65.3 Å². The summed E-state index contributed by atoms with van der Waals surface area (Å²) in [5.41, 5.74) is 3.00. The molecule has 0 bridgehead atoms. The van der Waals surface area contributed by atoms with E-state index in [4.69, 9.17) is 4.42 Å². The molecule has 0 atom stereocenters. The summed E-state index contributed by atoms with van der Waals surface area (Å²) in [6.07, 6.45) is 1.49. The number of hydrogen-bond donors (Lipinski definition) is 1. The third-order valence-corrected chi connectivity index (χ3v) is 4.70. The van der Waals surface area contributed by atoms with Crippen molar-refractivity contribution in [1.29, 1.82) is 0 Å². The predicted molar refractivity (Wildman–Crippen MR) is 102 cm³/mol. The van der Waals surface area contributed by atoms with Crippen LogP contribution in [0.2, 0.25) is 0 Å². The molecule has 0 spiro atoms. The van der Waals surface area contributed by atoms with Crippen molar-refractivity contribution in [3.63, 3.8) is 0 Å². The number of imide groups is 1. The number of nitrogens with zero attached hydrogens (tertiary/aromatic N) is 1. The van der Waals surface area contributed by atoms with E-state index in [1.54, 1.807) is 18.2 Å². The zero-order chi connectivity index (χ0) is 19.7. The Hall–Kier alpha value is -3.67. The fourth-order valence-electron chi connectivity index (χ4n) is 3.12. The van der Waals surface area contributed by atoms with Crippen molar-refractivity contribution in [2.24, 2.45) is 0 Å². The molecule has 0 saturated carbocycles. The molecule has 4 rings (SSSR count). The molecule has 140 valence electrons. The van der Waals surface area contributed by atoms with Crippen LogP contribution >= 0.6 is 0 Å². The number of carbonyl (C=O) groups is 3. The van der Waals surface area contributed by atoms with Gasteiger partial charge in [0, 0.05) is 12.1 Å². The molecule has 0 radical (unpaired) electrons. The van der Waals surface area contributed by atoms with E-state index >= 15 is 0 Å². The van der Waals surface area contributed by atoms with E-state index in [0.29, 0.717) is 23.4 Å². The quantitative estimate of drug-likeness (QED) is 0.695. The monoisotopic (exact) mass is 374 g/mol. The molecule has 1 aromatic heterocycles. The molecule has 3 amide bonds. The Labute approximate surface area is 161 Å². The van der Waals surface area contributed by atoms with E-state index < -0.39 is 5.91 Å². The van der Waals surface area contributed by atoms with Gasteiger partial charge in [-0.3, -0.25) is 19.3 Å². The summed E-state index contributed by atoms with van der Waals surface area (Å²) in [6.45, 7) is 2.45. The maximum absolute atomic E-state index is 12.7. The third kappa shape index (κ3) is 3.32. The number of furan rings is 1. The van der Waals surface area contributed by atoms with Gasteiger partial charge in [-0.05, 0) is 42.8 Å². The van der Waals surface area contributed by atoms with E-state index in [1.807, 2.05) is 31.2 Å². The number of benzene rings is 2. The van der Waals surface area contributed by atoms with Gasteiger partial charge in [0.25, 0.3) is 17.7 Å². The van der Waals surface area contributed by atoms with Crippen LogP contribution in [0.3, 0.4) is 0 Å². The van der Waals surface area contributed by atoms with Crippen LogP contribution in [0.25, 0.3) is 0 Å². The molecule has 3 aromatic rings. The molecule has 0 unspecified atom stereocenters. The zero-order valence-corrected chi connectivity index (χ0v) is 15.3. The topological polar surface area (TPSA) is 79.6 Å². The number of fused-ring (bicyclic) bond motifs is 1. The lowest BCUT2D eigenvalue weighted by Crippen LogP contribution is -2.28. The summed E-state index contributed by atoms with van der Waals surface area (Å²) in [6, 6.07) is 15.8. The van der Waals surface area contributed by atoms with Gasteiger partial charge in [0.1, 0.15) is 5.76 Å². The molecule has 2 heterocycles. The maximum atomic E-state index is 12.7. The highest BCUT2D eigenvalue weighted by molar-refractivity contribution is 6.22. The first-order chi connectivity index (χ1) is 13.5. The Morgan fingerprint density at radius 1 is 1.00 bits per heavy atom. The van der Waals surface area contributed by atoms with E-state index in [1.165, 1.54) is 18.4 Å². The van der Waals surface area contributed by atoms with Crippen LogP contribution in [0.4, 0.5) is 0 Å². The SMILES string of the molecule is Cc1ccc(CNC(=O)c2ccc3c(c2)C(=O)N(Cc2ccco2)C3=O)cc1.